The summed E-state index contributed by atoms with van der Waals surface area (Å²) in [7, 11) is 1.91. The fourth-order valence-corrected chi connectivity index (χ4v) is 3.61. The number of hydrogen-bond donors (Lipinski definition) is 1. The number of aliphatic hydroxyl groups is 1. The second-order valence-corrected chi connectivity index (χ2v) is 6.83. The van der Waals surface area contributed by atoms with Crippen LogP contribution in [-0.4, -0.2) is 33.8 Å². The number of likely N-dealkylation sites (tertiary alicyclic amines) is 1. The molecule has 0 spiro atoms. The summed E-state index contributed by atoms with van der Waals surface area (Å²) in [4.78, 5) is 2.42. The van der Waals surface area contributed by atoms with Gasteiger partial charge in [0, 0.05) is 19.8 Å². The first-order chi connectivity index (χ1) is 11.7. The molecule has 1 saturated heterocycles. The minimum absolute atomic E-state index is 0.253. The highest BCUT2D eigenvalue weighted by Crippen LogP contribution is 2.24. The molecule has 1 aromatic heterocycles. The van der Waals surface area contributed by atoms with E-state index in [0.717, 1.165) is 38.9 Å². The number of nitrogens with zero attached hydrogens (tertiary/aromatic N) is 3. The SMILES string of the molecule is Cn1cc(CN2CCC([C@H](O)Cc3ccccc3)CC2)cc1C#N. The molecule has 4 nitrogen and oxygen atoms in total. The highest BCUT2D eigenvalue weighted by atomic mass is 16.3. The summed E-state index contributed by atoms with van der Waals surface area (Å²) in [5.41, 5.74) is 3.11. The van der Waals surface area contributed by atoms with Crippen LogP contribution in [0.1, 0.15) is 29.7 Å². The summed E-state index contributed by atoms with van der Waals surface area (Å²) >= 11 is 0. The Labute approximate surface area is 143 Å². The van der Waals surface area contributed by atoms with Crippen LogP contribution in [0.25, 0.3) is 0 Å². The van der Waals surface area contributed by atoms with Crippen molar-refractivity contribution in [2.24, 2.45) is 13.0 Å². The van der Waals surface area contributed by atoms with Gasteiger partial charge in [-0.05, 0) is 55.5 Å². The Morgan fingerprint density at radius 3 is 2.54 bits per heavy atom. The fourth-order valence-electron chi connectivity index (χ4n) is 3.61. The van der Waals surface area contributed by atoms with E-state index in [9.17, 15) is 5.11 Å². The van der Waals surface area contributed by atoms with E-state index in [1.165, 1.54) is 11.1 Å². The molecule has 1 aliphatic heterocycles. The number of piperidine rings is 1. The van der Waals surface area contributed by atoms with E-state index in [0.29, 0.717) is 11.6 Å². The van der Waals surface area contributed by atoms with Crippen LogP contribution < -0.4 is 0 Å². The standard InChI is InChI=1S/C20H25N3O/c1-22-14-17(11-19(22)13-21)15-23-9-7-18(8-10-23)20(24)12-16-5-3-2-4-6-16/h2-6,11,14,18,20,24H,7-10,12,15H2,1H3/t20-/m1/s1. The summed E-state index contributed by atoms with van der Waals surface area (Å²) in [5, 5.41) is 19.6. The molecule has 0 aliphatic carbocycles. The number of aliphatic hydroxyl groups excluding tert-OH is 1. The monoisotopic (exact) mass is 323 g/mol. The van der Waals surface area contributed by atoms with E-state index in [2.05, 4.69) is 23.1 Å². The first kappa shape index (κ1) is 16.8. The summed E-state index contributed by atoms with van der Waals surface area (Å²) in [5.74, 6) is 0.381. The molecule has 1 aromatic carbocycles. The van der Waals surface area contributed by atoms with Crippen molar-refractivity contribution < 1.29 is 5.11 Å². The third-order valence-electron chi connectivity index (χ3n) is 5.05. The lowest BCUT2D eigenvalue weighted by atomic mass is 9.88. The van der Waals surface area contributed by atoms with E-state index in [-0.39, 0.29) is 6.10 Å². The van der Waals surface area contributed by atoms with Gasteiger partial charge in [-0.3, -0.25) is 4.90 Å². The van der Waals surface area contributed by atoms with Crippen molar-refractivity contribution in [1.82, 2.24) is 9.47 Å². The molecule has 0 bridgehead atoms. The third kappa shape index (κ3) is 4.05. The van der Waals surface area contributed by atoms with E-state index in [1.54, 1.807) is 0 Å². The fraction of sp³-hybridized carbons (Fsp3) is 0.450. The van der Waals surface area contributed by atoms with Crippen LogP contribution in [0.15, 0.2) is 42.6 Å². The van der Waals surface area contributed by atoms with Crippen molar-refractivity contribution in [3.63, 3.8) is 0 Å². The molecule has 4 heteroatoms. The number of aromatic nitrogens is 1. The van der Waals surface area contributed by atoms with Crippen molar-refractivity contribution in [2.75, 3.05) is 13.1 Å². The van der Waals surface area contributed by atoms with Crippen molar-refractivity contribution in [1.29, 1.82) is 5.26 Å². The van der Waals surface area contributed by atoms with Crippen molar-refractivity contribution in [3.8, 4) is 6.07 Å². The van der Waals surface area contributed by atoms with Gasteiger partial charge in [-0.25, -0.2) is 0 Å². The molecule has 0 saturated carbocycles. The van der Waals surface area contributed by atoms with Crippen LogP contribution in [0.5, 0.6) is 0 Å². The zero-order valence-electron chi connectivity index (χ0n) is 14.2. The lowest BCUT2D eigenvalue weighted by Crippen LogP contribution is -2.38. The maximum atomic E-state index is 10.5. The molecular weight excluding hydrogens is 298 g/mol. The van der Waals surface area contributed by atoms with Gasteiger partial charge in [0.1, 0.15) is 11.8 Å². The maximum Gasteiger partial charge on any atom is 0.120 e. The number of aryl methyl sites for hydroxylation is 1. The normalized spacial score (nSPS) is 17.5. The zero-order valence-corrected chi connectivity index (χ0v) is 14.2. The van der Waals surface area contributed by atoms with E-state index in [4.69, 9.17) is 5.26 Å². The predicted octanol–water partition coefficient (Wildman–Crippen LogP) is 2.71. The molecule has 0 radical (unpaired) electrons. The molecule has 1 N–H and O–H groups in total. The molecule has 1 atom stereocenters. The van der Waals surface area contributed by atoms with Crippen LogP contribution in [0, 0.1) is 17.2 Å². The Balaban J connectivity index is 1.49. The average Bonchev–Trinajstić information content (AvgIpc) is 2.96. The number of rotatable bonds is 5. The lowest BCUT2D eigenvalue weighted by molar-refractivity contribution is 0.0576. The maximum absolute atomic E-state index is 10.5. The van der Waals surface area contributed by atoms with Gasteiger partial charge in [-0.2, -0.15) is 5.26 Å². The van der Waals surface area contributed by atoms with Crippen molar-refractivity contribution >= 4 is 0 Å². The second-order valence-electron chi connectivity index (χ2n) is 6.83. The Morgan fingerprint density at radius 2 is 1.92 bits per heavy atom. The van der Waals surface area contributed by atoms with Crippen LogP contribution in [0.4, 0.5) is 0 Å². The molecule has 2 aromatic rings. The molecule has 24 heavy (non-hydrogen) atoms. The minimum atomic E-state index is -0.253. The molecule has 126 valence electrons. The molecule has 1 fully saturated rings. The Hall–Kier alpha value is -2.09. The number of nitriles is 1. The zero-order chi connectivity index (χ0) is 16.9. The van der Waals surface area contributed by atoms with Gasteiger partial charge in [0.05, 0.1) is 6.10 Å². The topological polar surface area (TPSA) is 52.2 Å². The van der Waals surface area contributed by atoms with Crippen molar-refractivity contribution in [2.45, 2.75) is 31.9 Å². The summed E-state index contributed by atoms with van der Waals surface area (Å²) in [6.07, 6.45) is 4.60. The van der Waals surface area contributed by atoms with Crippen LogP contribution in [0.2, 0.25) is 0 Å². The van der Waals surface area contributed by atoms with Crippen molar-refractivity contribution in [3.05, 3.63) is 59.4 Å². The van der Waals surface area contributed by atoms with Gasteiger partial charge in [0.15, 0.2) is 0 Å². The van der Waals surface area contributed by atoms with Crippen LogP contribution >= 0.6 is 0 Å². The van der Waals surface area contributed by atoms with Gasteiger partial charge in [0.2, 0.25) is 0 Å². The first-order valence-corrected chi connectivity index (χ1v) is 8.65. The van der Waals surface area contributed by atoms with Gasteiger partial charge >= 0.3 is 0 Å². The molecular formula is C20H25N3O. The average molecular weight is 323 g/mol. The summed E-state index contributed by atoms with van der Waals surface area (Å²) < 4.78 is 1.88. The van der Waals surface area contributed by atoms with Crippen LogP contribution in [0.3, 0.4) is 0 Å². The number of benzene rings is 1. The summed E-state index contributed by atoms with van der Waals surface area (Å²) in [6.45, 7) is 2.90. The van der Waals surface area contributed by atoms with Gasteiger partial charge in [-0.1, -0.05) is 30.3 Å². The molecule has 2 heterocycles. The summed E-state index contributed by atoms with van der Waals surface area (Å²) in [6, 6.07) is 14.4. The van der Waals surface area contributed by atoms with Crippen LogP contribution in [-0.2, 0) is 20.0 Å². The molecule has 0 unspecified atom stereocenters. The van der Waals surface area contributed by atoms with E-state index >= 15 is 0 Å². The Kier molecular flexibility index (Phi) is 5.34. The lowest BCUT2D eigenvalue weighted by Gasteiger charge is -2.34. The Morgan fingerprint density at radius 1 is 1.21 bits per heavy atom. The molecule has 1 aliphatic rings. The first-order valence-electron chi connectivity index (χ1n) is 8.65. The van der Waals surface area contributed by atoms with E-state index < -0.39 is 0 Å². The van der Waals surface area contributed by atoms with E-state index in [1.807, 2.05) is 42.1 Å². The molecule has 3 rings (SSSR count). The minimum Gasteiger partial charge on any atom is -0.392 e. The van der Waals surface area contributed by atoms with Gasteiger partial charge in [0.25, 0.3) is 0 Å². The Bertz CT molecular complexity index is 693. The van der Waals surface area contributed by atoms with Gasteiger partial charge < -0.3 is 9.67 Å². The third-order valence-corrected chi connectivity index (χ3v) is 5.05. The number of hydrogen-bond acceptors (Lipinski definition) is 3. The predicted molar refractivity (Wildman–Crippen MR) is 94.3 cm³/mol. The second kappa shape index (κ2) is 7.65. The quantitative estimate of drug-likeness (QED) is 0.920. The molecule has 0 amide bonds. The highest BCUT2D eigenvalue weighted by Gasteiger charge is 2.25. The smallest absolute Gasteiger partial charge is 0.120 e. The highest BCUT2D eigenvalue weighted by molar-refractivity contribution is 5.28. The largest absolute Gasteiger partial charge is 0.392 e. The van der Waals surface area contributed by atoms with Gasteiger partial charge in [-0.15, -0.1) is 0 Å².